The normalized spacial score (nSPS) is 15.4. The van der Waals surface area contributed by atoms with E-state index in [0.717, 1.165) is 32.1 Å². The van der Waals surface area contributed by atoms with Gasteiger partial charge in [-0.3, -0.25) is 18.4 Å². The predicted octanol–water partition coefficient (Wildman–Crippen LogP) is 10.8. The molecule has 3 aromatic rings. The zero-order valence-corrected chi connectivity index (χ0v) is 37.7. The highest BCUT2D eigenvalue weighted by molar-refractivity contribution is 7.68. The first-order valence-electron chi connectivity index (χ1n) is 21.0. The van der Waals surface area contributed by atoms with Gasteiger partial charge in [-0.15, -0.1) is 0 Å². The summed E-state index contributed by atoms with van der Waals surface area (Å²) in [5.41, 5.74) is 7.06. The van der Waals surface area contributed by atoms with Crippen LogP contribution in [0.4, 0.5) is 5.82 Å². The van der Waals surface area contributed by atoms with Crippen molar-refractivity contribution in [2.75, 3.05) is 18.7 Å². The number of fused-ring (bicyclic) bond motifs is 1. The second-order valence-corrected chi connectivity index (χ2v) is 20.0. The minimum atomic E-state index is -5.55. The van der Waals surface area contributed by atoms with Crippen molar-refractivity contribution in [3.05, 3.63) is 42.5 Å². The predicted molar refractivity (Wildman–Crippen MR) is 226 cm³/mol. The molecule has 0 amide bonds. The monoisotopic (exact) mass is 889 g/mol. The quantitative estimate of drug-likeness (QED) is 0.0219. The Hall–Kier alpha value is -2.55. The van der Waals surface area contributed by atoms with Gasteiger partial charge < -0.3 is 29.6 Å². The summed E-state index contributed by atoms with van der Waals surface area (Å²) in [6.07, 6.45) is 21.4. The molecule has 4 atom stereocenters. The maximum atomic E-state index is 13.8. The van der Waals surface area contributed by atoms with E-state index in [1.54, 1.807) is 23.6 Å². The SMILES string of the molecule is CCCCCCCCCCCCCCCCCCOP(=O)(OCc1ccc(OC(=O)CCCC)cc1)OP(=O)(O)OP(=O)(O)CO[C@H](C)Cn1cnc2c(N)ncnc21. The lowest BCUT2D eigenvalue weighted by Gasteiger charge is -2.22. The largest absolute Gasteiger partial charge is 0.488 e. The van der Waals surface area contributed by atoms with Crippen molar-refractivity contribution in [2.24, 2.45) is 0 Å². The number of benzene rings is 1. The van der Waals surface area contributed by atoms with E-state index in [1.165, 1.54) is 95.4 Å². The van der Waals surface area contributed by atoms with E-state index < -0.39 is 42.3 Å². The van der Waals surface area contributed by atoms with Gasteiger partial charge in [-0.2, -0.15) is 4.31 Å². The van der Waals surface area contributed by atoms with Crippen molar-refractivity contribution >= 4 is 46.2 Å². The average Bonchev–Trinajstić information content (AvgIpc) is 3.60. The molecular weight excluding hydrogens is 823 g/mol. The number of nitrogen functional groups attached to an aromatic ring is 1. The number of anilines is 1. The molecule has 3 unspecified atom stereocenters. The second kappa shape index (κ2) is 27.4. The Morgan fingerprint density at radius 1 is 0.763 bits per heavy atom. The fraction of sp³-hybridized carbons (Fsp3) is 0.692. The van der Waals surface area contributed by atoms with Gasteiger partial charge in [0, 0.05) is 6.42 Å². The van der Waals surface area contributed by atoms with E-state index in [9.17, 15) is 28.3 Å². The highest BCUT2D eigenvalue weighted by Crippen LogP contribution is 2.69. The summed E-state index contributed by atoms with van der Waals surface area (Å²) in [6, 6.07) is 6.14. The van der Waals surface area contributed by atoms with Crippen LogP contribution in [0.1, 0.15) is 148 Å². The fourth-order valence-electron chi connectivity index (χ4n) is 6.13. The third-order valence-corrected chi connectivity index (χ3v) is 14.3. The molecule has 20 heteroatoms. The van der Waals surface area contributed by atoms with E-state index in [-0.39, 0.29) is 31.4 Å². The van der Waals surface area contributed by atoms with Gasteiger partial charge in [0.15, 0.2) is 11.5 Å². The number of nitrogens with two attached hydrogens (primary N) is 1. The molecule has 4 N–H and O–H groups in total. The van der Waals surface area contributed by atoms with E-state index in [0.29, 0.717) is 35.3 Å². The summed E-state index contributed by atoms with van der Waals surface area (Å²) in [4.78, 5) is 45.2. The van der Waals surface area contributed by atoms with Gasteiger partial charge in [0.2, 0.25) is 0 Å². The molecule has 59 heavy (non-hydrogen) atoms. The fourth-order valence-corrected chi connectivity index (χ4v) is 10.6. The molecule has 334 valence electrons. The number of phosphoric ester groups is 1. The van der Waals surface area contributed by atoms with E-state index in [2.05, 4.69) is 26.2 Å². The van der Waals surface area contributed by atoms with Crippen LogP contribution >= 0.6 is 23.2 Å². The van der Waals surface area contributed by atoms with Gasteiger partial charge in [0.25, 0.3) is 0 Å². The molecular formula is C39H66N5O12P3. The number of carbonyl (C=O) groups is 1. The zero-order chi connectivity index (χ0) is 43.0. The van der Waals surface area contributed by atoms with Crippen molar-refractivity contribution in [3.63, 3.8) is 0 Å². The summed E-state index contributed by atoms with van der Waals surface area (Å²) in [7, 11) is -15.4. The summed E-state index contributed by atoms with van der Waals surface area (Å²) >= 11 is 0. The van der Waals surface area contributed by atoms with Crippen LogP contribution in [0.2, 0.25) is 0 Å². The first-order chi connectivity index (χ1) is 28.2. The molecule has 0 aliphatic heterocycles. The Balaban J connectivity index is 1.48. The van der Waals surface area contributed by atoms with Crippen molar-refractivity contribution in [1.29, 1.82) is 0 Å². The Morgan fingerprint density at radius 3 is 1.93 bits per heavy atom. The molecule has 0 spiro atoms. The van der Waals surface area contributed by atoms with Crippen LogP contribution in [-0.4, -0.2) is 54.3 Å². The number of unbranched alkanes of at least 4 members (excludes halogenated alkanes) is 16. The third kappa shape index (κ3) is 21.2. The standard InChI is InChI=1S/C39H66N5O12P3/c1-4-6-8-9-10-11-12-13-14-15-16-17-18-19-20-21-27-52-59(50,53-29-34-23-25-35(26-24-34)54-36(45)22-7-5-2)56-58(48,49)55-57(46,47)32-51-33(3)28-44-31-43-37-38(40)41-30-42-39(37)44/h23-26,30-31,33H,4-22,27-29,32H2,1-3H3,(H,46,47)(H,48,49)(H2,40,41,42)/t33-,59?/m1/s1. The topological polar surface area (TPSA) is 234 Å². The maximum absolute atomic E-state index is 13.8. The summed E-state index contributed by atoms with van der Waals surface area (Å²) < 4.78 is 72.4. The Bertz CT molecular complexity index is 1800. The molecule has 0 fully saturated rings. The Labute approximate surface area is 349 Å². The number of phosphoric acid groups is 2. The number of carbonyl (C=O) groups excluding carboxylic acids is 1. The van der Waals surface area contributed by atoms with Crippen molar-refractivity contribution < 1.29 is 55.4 Å². The van der Waals surface area contributed by atoms with Crippen molar-refractivity contribution in [1.82, 2.24) is 19.5 Å². The van der Waals surface area contributed by atoms with Crippen LogP contribution in [0, 0.1) is 0 Å². The lowest BCUT2D eigenvalue weighted by molar-refractivity contribution is -0.134. The number of ether oxygens (including phenoxy) is 2. The van der Waals surface area contributed by atoms with E-state index >= 15 is 0 Å². The van der Waals surface area contributed by atoms with Gasteiger partial charge in [0.1, 0.15) is 23.9 Å². The van der Waals surface area contributed by atoms with Crippen LogP contribution in [0.3, 0.4) is 0 Å². The molecule has 17 nitrogen and oxygen atoms in total. The van der Waals surface area contributed by atoms with Gasteiger partial charge in [-0.1, -0.05) is 129 Å². The molecule has 0 aliphatic rings. The van der Waals surface area contributed by atoms with Crippen LogP contribution in [-0.2, 0) is 54.0 Å². The van der Waals surface area contributed by atoms with Crippen LogP contribution in [0.5, 0.6) is 5.75 Å². The number of hydrogen-bond acceptors (Lipinski definition) is 14. The molecule has 2 heterocycles. The average molecular weight is 890 g/mol. The number of imidazole rings is 1. The van der Waals surface area contributed by atoms with E-state index in [1.807, 2.05) is 6.92 Å². The highest BCUT2D eigenvalue weighted by Gasteiger charge is 2.43. The summed E-state index contributed by atoms with van der Waals surface area (Å²) in [6.45, 7) is 5.37. The van der Waals surface area contributed by atoms with Crippen LogP contribution in [0.25, 0.3) is 11.2 Å². The summed E-state index contributed by atoms with van der Waals surface area (Å²) in [5, 5.41) is 0. The first-order valence-corrected chi connectivity index (χ1v) is 25.8. The molecule has 0 aliphatic carbocycles. The van der Waals surface area contributed by atoms with Crippen molar-refractivity contribution in [3.8, 4) is 5.75 Å². The first kappa shape index (κ1) is 50.8. The molecule has 3 rings (SSSR count). The number of hydrogen-bond donors (Lipinski definition) is 3. The van der Waals surface area contributed by atoms with Gasteiger partial charge >= 0.3 is 29.2 Å². The minimum Gasteiger partial charge on any atom is -0.427 e. The smallest absolute Gasteiger partial charge is 0.427 e. The molecule has 0 bridgehead atoms. The molecule has 0 saturated carbocycles. The van der Waals surface area contributed by atoms with E-state index in [4.69, 9.17) is 28.6 Å². The number of esters is 1. The lowest BCUT2D eigenvalue weighted by Crippen LogP contribution is -2.17. The maximum Gasteiger partial charge on any atom is 0.488 e. The van der Waals surface area contributed by atoms with Crippen LogP contribution in [0.15, 0.2) is 36.9 Å². The Kier molecular flexibility index (Phi) is 23.6. The molecule has 1 aromatic carbocycles. The molecule has 0 radical (unpaired) electrons. The number of nitrogens with zero attached hydrogens (tertiary/aromatic N) is 4. The highest BCUT2D eigenvalue weighted by atomic mass is 31.3. The van der Waals surface area contributed by atoms with Crippen LogP contribution < -0.4 is 10.5 Å². The van der Waals surface area contributed by atoms with Gasteiger partial charge in [-0.05, 0) is 37.5 Å². The zero-order valence-electron chi connectivity index (χ0n) is 35.0. The van der Waals surface area contributed by atoms with Gasteiger partial charge in [0.05, 0.1) is 32.2 Å². The summed E-state index contributed by atoms with van der Waals surface area (Å²) in [5.74, 6) is 0.112. The third-order valence-electron chi connectivity index (χ3n) is 9.37. The Morgan fingerprint density at radius 2 is 1.34 bits per heavy atom. The van der Waals surface area contributed by atoms with Crippen molar-refractivity contribution in [2.45, 2.75) is 162 Å². The number of aromatic nitrogens is 4. The lowest BCUT2D eigenvalue weighted by atomic mass is 10.0. The number of rotatable bonds is 34. The minimum absolute atomic E-state index is 0.124. The second-order valence-electron chi connectivity index (χ2n) is 14.8. The molecule has 2 aromatic heterocycles. The van der Waals surface area contributed by atoms with Gasteiger partial charge in [-0.25, -0.2) is 28.4 Å². The molecule has 0 saturated heterocycles.